The molecule has 0 bridgehead atoms. The van der Waals surface area contributed by atoms with Crippen LogP contribution >= 0.6 is 23.2 Å². The first kappa shape index (κ1) is 13.8. The molecular formula is C10H12Cl2O3S. The van der Waals surface area contributed by atoms with Crippen LogP contribution in [0.2, 0.25) is 0 Å². The fraction of sp³-hybridized carbons (Fsp3) is 0.400. The minimum Gasteiger partial charge on any atom is -0.384 e. The summed E-state index contributed by atoms with van der Waals surface area (Å²) in [5.74, 6) is 0. The molecule has 0 amide bonds. The summed E-state index contributed by atoms with van der Waals surface area (Å²) in [7, 11) is -3.79. The number of sulfone groups is 1. The highest BCUT2D eigenvalue weighted by molar-refractivity contribution is 7.94. The molecular weight excluding hydrogens is 271 g/mol. The summed E-state index contributed by atoms with van der Waals surface area (Å²) >= 11 is 11.4. The van der Waals surface area contributed by atoms with Crippen molar-refractivity contribution >= 4 is 33.0 Å². The van der Waals surface area contributed by atoms with Gasteiger partial charge in [-0.05, 0) is 18.1 Å². The van der Waals surface area contributed by atoms with Crippen LogP contribution in [0.5, 0.6) is 0 Å². The standard InChI is InChI=1S/C10H12Cl2O3S/c1-7-5-3-4-6-8(7)9(13)10(11,12)16(2,14)15/h3-6,9,13H,1-2H3/t9-/m0/s1. The van der Waals surface area contributed by atoms with Crippen LogP contribution in [0, 0.1) is 6.92 Å². The van der Waals surface area contributed by atoms with Gasteiger partial charge in [0.2, 0.25) is 3.67 Å². The Morgan fingerprint density at radius 3 is 2.25 bits per heavy atom. The maximum atomic E-state index is 11.4. The second kappa shape index (κ2) is 4.53. The van der Waals surface area contributed by atoms with Gasteiger partial charge in [-0.1, -0.05) is 47.5 Å². The van der Waals surface area contributed by atoms with E-state index in [1.54, 1.807) is 31.2 Å². The Kier molecular flexibility index (Phi) is 3.90. The van der Waals surface area contributed by atoms with E-state index in [0.717, 1.165) is 11.8 Å². The van der Waals surface area contributed by atoms with E-state index in [1.165, 1.54) is 0 Å². The van der Waals surface area contributed by atoms with Crippen molar-refractivity contribution in [3.05, 3.63) is 35.4 Å². The van der Waals surface area contributed by atoms with Gasteiger partial charge in [-0.15, -0.1) is 0 Å². The lowest BCUT2D eigenvalue weighted by Gasteiger charge is -2.25. The van der Waals surface area contributed by atoms with E-state index in [9.17, 15) is 13.5 Å². The number of alkyl halides is 2. The lowest BCUT2D eigenvalue weighted by molar-refractivity contribution is 0.180. The third-order valence-electron chi connectivity index (χ3n) is 2.30. The molecule has 1 aromatic carbocycles. The van der Waals surface area contributed by atoms with Gasteiger partial charge in [0.25, 0.3) is 0 Å². The lowest BCUT2D eigenvalue weighted by Crippen LogP contribution is -2.33. The first-order valence-electron chi connectivity index (χ1n) is 4.49. The van der Waals surface area contributed by atoms with E-state index in [4.69, 9.17) is 23.2 Å². The van der Waals surface area contributed by atoms with Crippen LogP contribution in [-0.2, 0) is 9.84 Å². The summed E-state index contributed by atoms with van der Waals surface area (Å²) in [5.41, 5.74) is 1.13. The van der Waals surface area contributed by atoms with Gasteiger partial charge < -0.3 is 5.11 Å². The molecule has 0 aliphatic carbocycles. The highest BCUT2D eigenvalue weighted by Gasteiger charge is 2.45. The first-order chi connectivity index (χ1) is 7.18. The molecule has 1 rings (SSSR count). The predicted molar refractivity (Wildman–Crippen MR) is 65.4 cm³/mol. The second-order valence-electron chi connectivity index (χ2n) is 3.59. The second-order valence-corrected chi connectivity index (χ2v) is 7.62. The fourth-order valence-corrected chi connectivity index (χ4v) is 2.05. The Bertz CT molecular complexity index is 483. The molecule has 0 saturated heterocycles. The molecule has 16 heavy (non-hydrogen) atoms. The molecule has 0 heterocycles. The van der Waals surface area contributed by atoms with Gasteiger partial charge in [-0.3, -0.25) is 0 Å². The van der Waals surface area contributed by atoms with Gasteiger partial charge in [0, 0.05) is 6.26 Å². The van der Waals surface area contributed by atoms with E-state index in [-0.39, 0.29) is 0 Å². The number of hydrogen-bond donors (Lipinski definition) is 1. The molecule has 6 heteroatoms. The Labute approximate surface area is 105 Å². The van der Waals surface area contributed by atoms with Crippen LogP contribution in [0.3, 0.4) is 0 Å². The van der Waals surface area contributed by atoms with E-state index in [2.05, 4.69) is 0 Å². The van der Waals surface area contributed by atoms with Crippen LogP contribution in [0.25, 0.3) is 0 Å². The number of aliphatic hydroxyl groups is 1. The quantitative estimate of drug-likeness (QED) is 0.865. The van der Waals surface area contributed by atoms with Gasteiger partial charge in [0.15, 0.2) is 9.84 Å². The molecule has 0 saturated carbocycles. The van der Waals surface area contributed by atoms with Gasteiger partial charge >= 0.3 is 0 Å². The molecule has 1 N–H and O–H groups in total. The fourth-order valence-electron chi connectivity index (χ4n) is 1.28. The minimum atomic E-state index is -3.79. The molecule has 3 nitrogen and oxygen atoms in total. The van der Waals surface area contributed by atoms with Crippen LogP contribution in [0.4, 0.5) is 0 Å². The van der Waals surface area contributed by atoms with Crippen LogP contribution in [0.15, 0.2) is 24.3 Å². The number of halogens is 2. The average molecular weight is 283 g/mol. The van der Waals surface area contributed by atoms with Gasteiger partial charge in [0.05, 0.1) is 0 Å². The van der Waals surface area contributed by atoms with Crippen LogP contribution in [0.1, 0.15) is 17.2 Å². The summed E-state index contributed by atoms with van der Waals surface area (Å²) < 4.78 is 20.5. The largest absolute Gasteiger partial charge is 0.384 e. The zero-order valence-corrected chi connectivity index (χ0v) is 11.1. The number of aliphatic hydroxyl groups excluding tert-OH is 1. The number of benzene rings is 1. The summed E-state index contributed by atoms with van der Waals surface area (Å²) in [6.07, 6.45) is -0.596. The van der Waals surface area contributed by atoms with E-state index in [1.807, 2.05) is 0 Å². The SMILES string of the molecule is Cc1ccccc1[C@H](O)C(Cl)(Cl)S(C)(=O)=O. The highest BCUT2D eigenvalue weighted by Crippen LogP contribution is 2.41. The summed E-state index contributed by atoms with van der Waals surface area (Å²) in [6.45, 7) is 1.74. The van der Waals surface area contributed by atoms with Crippen LogP contribution < -0.4 is 0 Å². The zero-order chi connectivity index (χ0) is 12.6. The van der Waals surface area contributed by atoms with Crippen molar-refractivity contribution in [2.75, 3.05) is 6.26 Å². The molecule has 0 fully saturated rings. The molecule has 0 spiro atoms. The first-order valence-corrected chi connectivity index (χ1v) is 7.13. The monoisotopic (exact) mass is 282 g/mol. The summed E-state index contributed by atoms with van der Waals surface area (Å²) in [5, 5.41) is 9.92. The van der Waals surface area contributed by atoms with Crippen molar-refractivity contribution < 1.29 is 13.5 Å². The van der Waals surface area contributed by atoms with Gasteiger partial charge in [-0.2, -0.15) is 0 Å². The molecule has 0 unspecified atom stereocenters. The number of rotatable bonds is 3. The van der Waals surface area contributed by atoms with Crippen molar-refractivity contribution in [2.24, 2.45) is 0 Å². The van der Waals surface area contributed by atoms with E-state index < -0.39 is 19.6 Å². The average Bonchev–Trinajstić information content (AvgIpc) is 2.15. The molecule has 0 aliphatic rings. The third-order valence-corrected chi connectivity index (χ3v) is 5.60. The topological polar surface area (TPSA) is 54.4 Å². The number of hydrogen-bond acceptors (Lipinski definition) is 3. The molecule has 1 aromatic rings. The molecule has 0 aromatic heterocycles. The summed E-state index contributed by atoms with van der Waals surface area (Å²) in [4.78, 5) is 0. The number of aryl methyl sites for hydroxylation is 1. The van der Waals surface area contributed by atoms with Crippen molar-refractivity contribution in [1.29, 1.82) is 0 Å². The molecule has 0 aliphatic heterocycles. The minimum absolute atomic E-state index is 0.401. The molecule has 1 atom stereocenters. The molecule has 90 valence electrons. The van der Waals surface area contributed by atoms with E-state index in [0.29, 0.717) is 5.56 Å². The van der Waals surface area contributed by atoms with Crippen molar-refractivity contribution in [2.45, 2.75) is 16.7 Å². The van der Waals surface area contributed by atoms with Crippen LogP contribution in [-0.4, -0.2) is 23.4 Å². The van der Waals surface area contributed by atoms with Crippen molar-refractivity contribution in [3.8, 4) is 0 Å². The normalized spacial score (nSPS) is 14.8. The maximum absolute atomic E-state index is 11.4. The molecule has 0 radical (unpaired) electrons. The Morgan fingerprint density at radius 2 is 1.81 bits per heavy atom. The summed E-state index contributed by atoms with van der Waals surface area (Å²) in [6, 6.07) is 6.78. The zero-order valence-electron chi connectivity index (χ0n) is 8.81. The Balaban J connectivity index is 3.23. The Hall–Kier alpha value is -0.290. The van der Waals surface area contributed by atoms with Gasteiger partial charge in [-0.25, -0.2) is 8.42 Å². The smallest absolute Gasteiger partial charge is 0.247 e. The van der Waals surface area contributed by atoms with Crippen molar-refractivity contribution in [3.63, 3.8) is 0 Å². The maximum Gasteiger partial charge on any atom is 0.247 e. The predicted octanol–water partition coefficient (Wildman–Crippen LogP) is 2.20. The van der Waals surface area contributed by atoms with Crippen molar-refractivity contribution in [1.82, 2.24) is 0 Å². The third kappa shape index (κ3) is 2.51. The highest BCUT2D eigenvalue weighted by atomic mass is 35.5. The Morgan fingerprint density at radius 1 is 1.31 bits per heavy atom. The van der Waals surface area contributed by atoms with Gasteiger partial charge in [0.1, 0.15) is 6.10 Å². The lowest BCUT2D eigenvalue weighted by atomic mass is 10.0. The van der Waals surface area contributed by atoms with E-state index >= 15 is 0 Å².